The van der Waals surface area contributed by atoms with Gasteiger partial charge in [0, 0.05) is 31.7 Å². The number of ether oxygens (including phenoxy) is 1. The van der Waals surface area contributed by atoms with Crippen LogP contribution in [0.5, 0.6) is 5.75 Å². The Bertz CT molecular complexity index is 945. The molecule has 29 heavy (non-hydrogen) atoms. The van der Waals surface area contributed by atoms with E-state index in [2.05, 4.69) is 16.7 Å². The second kappa shape index (κ2) is 10.1. The molecule has 0 radical (unpaired) electrons. The molecule has 1 saturated heterocycles. The highest BCUT2D eigenvalue weighted by Crippen LogP contribution is 2.33. The van der Waals surface area contributed by atoms with E-state index < -0.39 is 0 Å². The van der Waals surface area contributed by atoms with Crippen molar-refractivity contribution in [2.45, 2.75) is 6.92 Å². The van der Waals surface area contributed by atoms with Crippen LogP contribution in [0, 0.1) is 5.82 Å². The third kappa shape index (κ3) is 4.74. The molecule has 4 nitrogen and oxygen atoms in total. The number of hydrogen-bond donors (Lipinski definition) is 0. The Morgan fingerprint density at radius 1 is 1.00 bits per heavy atom. The van der Waals surface area contributed by atoms with Crippen molar-refractivity contribution in [2.24, 2.45) is 0 Å². The van der Waals surface area contributed by atoms with Crippen molar-refractivity contribution in [3.8, 4) is 17.0 Å². The average Bonchev–Trinajstić information content (AvgIpc) is 2.73. The molecule has 7 heteroatoms. The molecule has 3 aromatic rings. The second-order valence-corrected chi connectivity index (χ2v) is 6.82. The second-order valence-electron chi connectivity index (χ2n) is 6.82. The largest absolute Gasteiger partial charge is 0.497 e. The maximum atomic E-state index is 14.7. The van der Waals surface area contributed by atoms with Crippen molar-refractivity contribution in [3.05, 3.63) is 54.3 Å². The van der Waals surface area contributed by atoms with Crippen molar-refractivity contribution in [1.29, 1.82) is 0 Å². The molecule has 0 spiro atoms. The maximum absolute atomic E-state index is 14.7. The molecule has 0 aliphatic carbocycles. The van der Waals surface area contributed by atoms with Crippen LogP contribution in [0.3, 0.4) is 0 Å². The standard InChI is InChI=1S/C22H24FN3O.2ClH/c1-3-25-11-13-26(14-12-25)22-21-17(5-4-6-19(21)23)15-20(24-22)16-7-9-18(27-2)10-8-16;;/h4-10,15H,3,11-14H2,1-2H3;2*1H. The summed E-state index contributed by atoms with van der Waals surface area (Å²) in [5.74, 6) is 1.34. The number of anilines is 1. The van der Waals surface area contributed by atoms with Gasteiger partial charge < -0.3 is 14.5 Å². The Balaban J connectivity index is 0.00000150. The Hall–Kier alpha value is -2.08. The lowest BCUT2D eigenvalue weighted by Gasteiger charge is -2.35. The van der Waals surface area contributed by atoms with Crippen molar-refractivity contribution >= 4 is 41.4 Å². The highest BCUT2D eigenvalue weighted by molar-refractivity contribution is 5.95. The molecular weight excluding hydrogens is 412 g/mol. The van der Waals surface area contributed by atoms with Gasteiger partial charge in [-0.1, -0.05) is 19.1 Å². The van der Waals surface area contributed by atoms with Gasteiger partial charge in [0.15, 0.2) is 0 Å². The first kappa shape index (κ1) is 23.2. The molecule has 1 aliphatic heterocycles. The number of fused-ring (bicyclic) bond motifs is 1. The first-order valence-electron chi connectivity index (χ1n) is 9.40. The summed E-state index contributed by atoms with van der Waals surface area (Å²) in [6, 6.07) is 15.0. The topological polar surface area (TPSA) is 28.6 Å². The van der Waals surface area contributed by atoms with Gasteiger partial charge >= 0.3 is 0 Å². The van der Waals surface area contributed by atoms with Gasteiger partial charge in [0.1, 0.15) is 17.4 Å². The Morgan fingerprint density at radius 2 is 1.69 bits per heavy atom. The first-order chi connectivity index (χ1) is 13.2. The lowest BCUT2D eigenvalue weighted by molar-refractivity contribution is 0.271. The van der Waals surface area contributed by atoms with Gasteiger partial charge in [-0.2, -0.15) is 0 Å². The summed E-state index contributed by atoms with van der Waals surface area (Å²) >= 11 is 0. The van der Waals surface area contributed by atoms with E-state index in [4.69, 9.17) is 9.72 Å². The van der Waals surface area contributed by atoms with E-state index in [1.165, 1.54) is 6.07 Å². The number of aromatic nitrogens is 1. The molecule has 0 bridgehead atoms. The van der Waals surface area contributed by atoms with E-state index in [9.17, 15) is 4.39 Å². The molecule has 0 amide bonds. The molecule has 1 aliphatic rings. The maximum Gasteiger partial charge on any atom is 0.140 e. The highest BCUT2D eigenvalue weighted by atomic mass is 35.5. The third-order valence-corrected chi connectivity index (χ3v) is 5.29. The summed E-state index contributed by atoms with van der Waals surface area (Å²) in [5, 5.41) is 1.49. The summed E-state index contributed by atoms with van der Waals surface area (Å²) in [5.41, 5.74) is 1.85. The van der Waals surface area contributed by atoms with Crippen LogP contribution in [0.1, 0.15) is 6.92 Å². The number of pyridine rings is 1. The predicted molar refractivity (Wildman–Crippen MR) is 123 cm³/mol. The van der Waals surface area contributed by atoms with E-state index in [1.54, 1.807) is 13.2 Å². The van der Waals surface area contributed by atoms with E-state index >= 15 is 0 Å². The fourth-order valence-corrected chi connectivity index (χ4v) is 3.66. The molecule has 4 rings (SSSR count). The summed E-state index contributed by atoms with van der Waals surface area (Å²) in [6.07, 6.45) is 0. The Labute approximate surface area is 183 Å². The van der Waals surface area contributed by atoms with Crippen LogP contribution in [-0.2, 0) is 0 Å². The number of benzene rings is 2. The Kier molecular flexibility index (Phi) is 8.08. The van der Waals surface area contributed by atoms with Gasteiger partial charge in [-0.05, 0) is 48.3 Å². The third-order valence-electron chi connectivity index (χ3n) is 5.29. The molecule has 0 N–H and O–H groups in total. The van der Waals surface area contributed by atoms with Gasteiger partial charge in [0.2, 0.25) is 0 Å². The molecule has 1 aromatic heterocycles. The number of nitrogens with zero attached hydrogens (tertiary/aromatic N) is 3. The molecular formula is C22H26Cl2FN3O. The highest BCUT2D eigenvalue weighted by Gasteiger charge is 2.21. The molecule has 1 fully saturated rings. The monoisotopic (exact) mass is 437 g/mol. The van der Waals surface area contributed by atoms with Crippen molar-refractivity contribution in [1.82, 2.24) is 9.88 Å². The van der Waals surface area contributed by atoms with Gasteiger partial charge in [0.05, 0.1) is 18.2 Å². The van der Waals surface area contributed by atoms with Crippen molar-refractivity contribution < 1.29 is 9.13 Å². The lowest BCUT2D eigenvalue weighted by Crippen LogP contribution is -2.46. The SMILES string of the molecule is CCN1CCN(c2nc(-c3ccc(OC)cc3)cc3cccc(F)c23)CC1.Cl.Cl. The van der Waals surface area contributed by atoms with Crippen LogP contribution >= 0.6 is 24.8 Å². The quantitative estimate of drug-likeness (QED) is 0.571. The zero-order valence-electron chi connectivity index (χ0n) is 16.6. The van der Waals surface area contributed by atoms with E-state index in [0.717, 1.165) is 60.9 Å². The van der Waals surface area contributed by atoms with Gasteiger partial charge in [-0.25, -0.2) is 9.37 Å². The van der Waals surface area contributed by atoms with Crippen LogP contribution < -0.4 is 9.64 Å². The summed E-state index contributed by atoms with van der Waals surface area (Å²) in [6.45, 7) is 6.88. The van der Waals surface area contributed by atoms with Crippen molar-refractivity contribution in [2.75, 3.05) is 44.7 Å². The number of halogens is 3. The summed E-state index contributed by atoms with van der Waals surface area (Å²) < 4.78 is 19.9. The van der Waals surface area contributed by atoms with Crippen molar-refractivity contribution in [3.63, 3.8) is 0 Å². The fraction of sp³-hybridized carbons (Fsp3) is 0.318. The van der Waals surface area contributed by atoms with Gasteiger partial charge in [-0.3, -0.25) is 0 Å². The molecule has 0 atom stereocenters. The number of methoxy groups -OCH3 is 1. The normalized spacial score (nSPS) is 14.2. The number of likely N-dealkylation sites (N-methyl/N-ethyl adjacent to an activating group) is 1. The minimum Gasteiger partial charge on any atom is -0.497 e. The Morgan fingerprint density at radius 3 is 2.31 bits per heavy atom. The van der Waals surface area contributed by atoms with Crippen LogP contribution in [0.2, 0.25) is 0 Å². The van der Waals surface area contributed by atoms with Crippen LogP contribution in [-0.4, -0.2) is 49.7 Å². The molecule has 2 heterocycles. The van der Waals surface area contributed by atoms with E-state index in [0.29, 0.717) is 5.39 Å². The molecule has 0 saturated carbocycles. The number of piperazine rings is 1. The predicted octanol–water partition coefficient (Wildman–Crippen LogP) is 5.04. The number of hydrogen-bond acceptors (Lipinski definition) is 4. The number of rotatable bonds is 4. The molecule has 2 aromatic carbocycles. The summed E-state index contributed by atoms with van der Waals surface area (Å²) in [7, 11) is 1.65. The van der Waals surface area contributed by atoms with Gasteiger partial charge in [-0.15, -0.1) is 24.8 Å². The lowest BCUT2D eigenvalue weighted by atomic mass is 10.1. The van der Waals surface area contributed by atoms with E-state index in [-0.39, 0.29) is 30.6 Å². The zero-order chi connectivity index (χ0) is 18.8. The first-order valence-corrected chi connectivity index (χ1v) is 9.40. The smallest absolute Gasteiger partial charge is 0.140 e. The molecule has 0 unspecified atom stereocenters. The minimum atomic E-state index is -0.214. The van der Waals surface area contributed by atoms with E-state index in [1.807, 2.05) is 36.4 Å². The van der Waals surface area contributed by atoms with Crippen LogP contribution in [0.15, 0.2) is 48.5 Å². The van der Waals surface area contributed by atoms with Gasteiger partial charge in [0.25, 0.3) is 0 Å². The van der Waals surface area contributed by atoms with Crippen LogP contribution in [0.25, 0.3) is 22.0 Å². The fourth-order valence-electron chi connectivity index (χ4n) is 3.66. The summed E-state index contributed by atoms with van der Waals surface area (Å²) in [4.78, 5) is 9.51. The average molecular weight is 438 g/mol. The minimum absolute atomic E-state index is 0. The zero-order valence-corrected chi connectivity index (χ0v) is 18.2. The van der Waals surface area contributed by atoms with Crippen LogP contribution in [0.4, 0.5) is 10.2 Å². The molecule has 156 valence electrons.